The Morgan fingerprint density at radius 2 is 1.89 bits per heavy atom. The second-order valence-electron chi connectivity index (χ2n) is 4.47. The van der Waals surface area contributed by atoms with Crippen LogP contribution in [0.4, 0.5) is 5.69 Å². The minimum absolute atomic E-state index is 0.104. The van der Waals surface area contributed by atoms with Crippen molar-refractivity contribution >= 4 is 22.9 Å². The van der Waals surface area contributed by atoms with Crippen LogP contribution in [0.1, 0.15) is 17.5 Å². The highest BCUT2D eigenvalue weighted by Crippen LogP contribution is 2.08. The summed E-state index contributed by atoms with van der Waals surface area (Å²) in [5.41, 5.74) is 8.79. The number of anilines is 1. The monoisotopic (exact) mass is 274 g/mol. The van der Waals surface area contributed by atoms with E-state index in [1.807, 2.05) is 24.3 Å². The molecule has 19 heavy (non-hydrogen) atoms. The number of benzene rings is 1. The maximum Gasteiger partial charge on any atom is 0.220 e. The molecular formula is C15H18N2OS. The Morgan fingerprint density at radius 3 is 2.58 bits per heavy atom. The number of hydrogen-bond donors (Lipinski definition) is 2. The normalized spacial score (nSPS) is 10.3. The third kappa shape index (κ3) is 4.75. The molecule has 0 fully saturated rings. The third-order valence-electron chi connectivity index (χ3n) is 2.94. The van der Waals surface area contributed by atoms with Crippen LogP contribution >= 0.6 is 11.3 Å². The molecule has 0 bridgehead atoms. The second kappa shape index (κ2) is 6.95. The summed E-state index contributed by atoms with van der Waals surface area (Å²) in [6.07, 6.45) is 2.18. The van der Waals surface area contributed by atoms with E-state index < -0.39 is 0 Å². The van der Waals surface area contributed by atoms with Gasteiger partial charge < -0.3 is 11.1 Å². The molecule has 2 rings (SSSR count). The Morgan fingerprint density at radius 1 is 1.11 bits per heavy atom. The molecule has 0 atom stereocenters. The molecule has 0 saturated carbocycles. The molecule has 0 aliphatic heterocycles. The Labute approximate surface area is 117 Å². The smallest absolute Gasteiger partial charge is 0.220 e. The zero-order valence-corrected chi connectivity index (χ0v) is 11.6. The summed E-state index contributed by atoms with van der Waals surface area (Å²) in [6, 6.07) is 9.75. The quantitative estimate of drug-likeness (QED) is 0.796. The van der Waals surface area contributed by atoms with E-state index in [9.17, 15) is 4.79 Å². The first-order valence-electron chi connectivity index (χ1n) is 6.36. The van der Waals surface area contributed by atoms with E-state index in [4.69, 9.17) is 5.73 Å². The van der Waals surface area contributed by atoms with Crippen molar-refractivity contribution in [3.8, 4) is 0 Å². The number of carbonyl (C=O) groups is 1. The van der Waals surface area contributed by atoms with E-state index in [0.29, 0.717) is 13.0 Å². The molecule has 0 unspecified atom stereocenters. The first kappa shape index (κ1) is 13.6. The molecule has 2 aromatic rings. The minimum Gasteiger partial charge on any atom is -0.399 e. The van der Waals surface area contributed by atoms with E-state index in [1.54, 1.807) is 11.3 Å². The van der Waals surface area contributed by atoms with Gasteiger partial charge in [0.2, 0.25) is 5.91 Å². The average Bonchev–Trinajstić information content (AvgIpc) is 2.91. The summed E-state index contributed by atoms with van der Waals surface area (Å²) < 4.78 is 0. The van der Waals surface area contributed by atoms with Gasteiger partial charge in [0.15, 0.2) is 0 Å². The molecule has 1 amide bonds. The van der Waals surface area contributed by atoms with Crippen molar-refractivity contribution in [2.75, 3.05) is 12.3 Å². The molecule has 4 heteroatoms. The fourth-order valence-electron chi connectivity index (χ4n) is 1.81. The molecule has 1 aromatic heterocycles. The van der Waals surface area contributed by atoms with Gasteiger partial charge in [0.25, 0.3) is 0 Å². The summed E-state index contributed by atoms with van der Waals surface area (Å²) in [5, 5.41) is 7.11. The van der Waals surface area contributed by atoms with Gasteiger partial charge in [0.1, 0.15) is 0 Å². The van der Waals surface area contributed by atoms with E-state index in [1.165, 1.54) is 5.56 Å². The first-order valence-corrected chi connectivity index (χ1v) is 7.30. The molecule has 3 N–H and O–H groups in total. The van der Waals surface area contributed by atoms with Gasteiger partial charge in [0.05, 0.1) is 0 Å². The lowest BCUT2D eigenvalue weighted by Crippen LogP contribution is -2.25. The number of nitrogens with one attached hydrogen (secondary N) is 1. The van der Waals surface area contributed by atoms with Gasteiger partial charge >= 0.3 is 0 Å². The van der Waals surface area contributed by atoms with E-state index >= 15 is 0 Å². The molecule has 100 valence electrons. The zero-order valence-electron chi connectivity index (χ0n) is 10.8. The Kier molecular flexibility index (Phi) is 4.98. The van der Waals surface area contributed by atoms with Gasteiger partial charge in [-0.15, -0.1) is 0 Å². The number of rotatable bonds is 6. The SMILES string of the molecule is Nc1ccc(CCC(=O)NCCc2ccsc2)cc1. The van der Waals surface area contributed by atoms with Crippen LogP contribution in [0.25, 0.3) is 0 Å². The van der Waals surface area contributed by atoms with Crippen LogP contribution in [0.2, 0.25) is 0 Å². The summed E-state index contributed by atoms with van der Waals surface area (Å²) in [7, 11) is 0. The van der Waals surface area contributed by atoms with Gasteiger partial charge in [-0.05, 0) is 52.9 Å². The topological polar surface area (TPSA) is 55.1 Å². The molecule has 1 heterocycles. The van der Waals surface area contributed by atoms with Crippen molar-refractivity contribution in [3.63, 3.8) is 0 Å². The van der Waals surface area contributed by atoms with Crippen LogP contribution in [-0.4, -0.2) is 12.5 Å². The number of aryl methyl sites for hydroxylation is 1. The van der Waals surface area contributed by atoms with Gasteiger partial charge in [0, 0.05) is 18.7 Å². The predicted molar refractivity (Wildman–Crippen MR) is 80.2 cm³/mol. The summed E-state index contributed by atoms with van der Waals surface area (Å²) in [5.74, 6) is 0.104. The lowest BCUT2D eigenvalue weighted by Gasteiger charge is -2.05. The van der Waals surface area contributed by atoms with Crippen LogP contribution in [0.15, 0.2) is 41.1 Å². The van der Waals surface area contributed by atoms with E-state index in [2.05, 4.69) is 22.1 Å². The van der Waals surface area contributed by atoms with Crippen LogP contribution < -0.4 is 11.1 Å². The predicted octanol–water partition coefficient (Wildman–Crippen LogP) is 2.62. The summed E-state index contributed by atoms with van der Waals surface area (Å²) >= 11 is 1.68. The number of nitrogen functional groups attached to an aromatic ring is 1. The van der Waals surface area contributed by atoms with E-state index in [0.717, 1.165) is 24.1 Å². The molecule has 1 aromatic carbocycles. The minimum atomic E-state index is 0.104. The Hall–Kier alpha value is -1.81. The number of thiophene rings is 1. The highest BCUT2D eigenvalue weighted by atomic mass is 32.1. The van der Waals surface area contributed by atoms with Crippen molar-refractivity contribution in [1.29, 1.82) is 0 Å². The molecular weight excluding hydrogens is 256 g/mol. The van der Waals surface area contributed by atoms with Crippen LogP contribution in [0.5, 0.6) is 0 Å². The molecule has 0 saturated heterocycles. The Bertz CT molecular complexity index is 505. The van der Waals surface area contributed by atoms with Crippen molar-refractivity contribution in [1.82, 2.24) is 5.32 Å². The van der Waals surface area contributed by atoms with Gasteiger partial charge in [-0.1, -0.05) is 12.1 Å². The number of hydrogen-bond acceptors (Lipinski definition) is 3. The lowest BCUT2D eigenvalue weighted by atomic mass is 10.1. The van der Waals surface area contributed by atoms with Crippen molar-refractivity contribution in [2.24, 2.45) is 0 Å². The zero-order chi connectivity index (χ0) is 13.5. The van der Waals surface area contributed by atoms with Crippen molar-refractivity contribution in [3.05, 3.63) is 52.2 Å². The van der Waals surface area contributed by atoms with Crippen molar-refractivity contribution < 1.29 is 4.79 Å². The maximum absolute atomic E-state index is 11.7. The lowest BCUT2D eigenvalue weighted by molar-refractivity contribution is -0.121. The highest BCUT2D eigenvalue weighted by molar-refractivity contribution is 7.07. The number of amides is 1. The van der Waals surface area contributed by atoms with Crippen molar-refractivity contribution in [2.45, 2.75) is 19.3 Å². The fraction of sp³-hybridized carbons (Fsp3) is 0.267. The standard InChI is InChI=1S/C15H18N2OS/c16-14-4-1-12(2-5-14)3-6-15(18)17-9-7-13-8-10-19-11-13/h1-2,4-5,8,10-11H,3,6-7,9,16H2,(H,17,18). The second-order valence-corrected chi connectivity index (χ2v) is 5.25. The number of carbonyl (C=O) groups excluding carboxylic acids is 1. The third-order valence-corrected chi connectivity index (χ3v) is 3.67. The van der Waals surface area contributed by atoms with Gasteiger partial charge in [-0.2, -0.15) is 11.3 Å². The molecule has 0 aliphatic rings. The average molecular weight is 274 g/mol. The fourth-order valence-corrected chi connectivity index (χ4v) is 2.51. The van der Waals surface area contributed by atoms with Gasteiger partial charge in [-0.25, -0.2) is 0 Å². The molecule has 0 aliphatic carbocycles. The maximum atomic E-state index is 11.7. The summed E-state index contributed by atoms with van der Waals surface area (Å²) in [4.78, 5) is 11.7. The Balaban J connectivity index is 1.65. The molecule has 0 radical (unpaired) electrons. The number of nitrogens with two attached hydrogens (primary N) is 1. The van der Waals surface area contributed by atoms with Crippen LogP contribution in [-0.2, 0) is 17.6 Å². The van der Waals surface area contributed by atoms with Crippen LogP contribution in [0.3, 0.4) is 0 Å². The largest absolute Gasteiger partial charge is 0.399 e. The first-order chi connectivity index (χ1) is 9.24. The van der Waals surface area contributed by atoms with Crippen LogP contribution in [0, 0.1) is 0 Å². The highest BCUT2D eigenvalue weighted by Gasteiger charge is 2.02. The van der Waals surface area contributed by atoms with Gasteiger partial charge in [-0.3, -0.25) is 4.79 Å². The van der Waals surface area contributed by atoms with E-state index in [-0.39, 0.29) is 5.91 Å². The molecule has 3 nitrogen and oxygen atoms in total. The summed E-state index contributed by atoms with van der Waals surface area (Å²) in [6.45, 7) is 0.706. The molecule has 0 spiro atoms.